The summed E-state index contributed by atoms with van der Waals surface area (Å²) in [4.78, 5) is 20.8. The number of hydrogen-bond acceptors (Lipinski definition) is 3. The Kier molecular flexibility index (Phi) is 4.21. The standard InChI is InChI=1S/C6H12N2O3/c1-4(9)8-5(2-3-7)6(10)11/h5H,2-3,7H2,1H3,(H,8,9)(H,10,11). The van der Waals surface area contributed by atoms with Crippen molar-refractivity contribution in [1.29, 1.82) is 0 Å². The maximum atomic E-state index is 10.4. The number of rotatable bonds is 4. The second-order valence-corrected chi connectivity index (χ2v) is 2.17. The van der Waals surface area contributed by atoms with Gasteiger partial charge >= 0.3 is 5.97 Å². The van der Waals surface area contributed by atoms with E-state index in [1.54, 1.807) is 0 Å². The number of hydrogen-bond donors (Lipinski definition) is 3. The quantitative estimate of drug-likeness (QED) is 0.488. The van der Waals surface area contributed by atoms with Crippen LogP contribution >= 0.6 is 0 Å². The Morgan fingerprint density at radius 2 is 2.18 bits per heavy atom. The third-order valence-electron chi connectivity index (χ3n) is 1.13. The summed E-state index contributed by atoms with van der Waals surface area (Å²) in [5.74, 6) is -1.41. The van der Waals surface area contributed by atoms with Crippen molar-refractivity contribution in [1.82, 2.24) is 5.32 Å². The second kappa shape index (κ2) is 4.68. The molecular weight excluding hydrogens is 148 g/mol. The van der Waals surface area contributed by atoms with Gasteiger partial charge in [0, 0.05) is 6.92 Å². The van der Waals surface area contributed by atoms with E-state index in [-0.39, 0.29) is 18.9 Å². The van der Waals surface area contributed by atoms with Crippen molar-refractivity contribution in [2.75, 3.05) is 6.54 Å². The molecule has 0 saturated carbocycles. The number of carbonyl (C=O) groups excluding carboxylic acids is 1. The Morgan fingerprint density at radius 1 is 1.64 bits per heavy atom. The van der Waals surface area contributed by atoms with Crippen LogP contribution in [-0.4, -0.2) is 29.6 Å². The maximum Gasteiger partial charge on any atom is 0.326 e. The van der Waals surface area contributed by atoms with Gasteiger partial charge in [-0.05, 0) is 13.0 Å². The summed E-state index contributed by atoms with van der Waals surface area (Å²) in [5, 5.41) is 10.7. The molecule has 0 rings (SSSR count). The summed E-state index contributed by atoms with van der Waals surface area (Å²) in [6.07, 6.45) is 0.259. The van der Waals surface area contributed by atoms with Crippen molar-refractivity contribution >= 4 is 11.9 Å². The Bertz CT molecular complexity index is 158. The highest BCUT2D eigenvalue weighted by Crippen LogP contribution is 1.89. The zero-order valence-corrected chi connectivity index (χ0v) is 6.33. The van der Waals surface area contributed by atoms with Crippen molar-refractivity contribution in [3.8, 4) is 0 Å². The Morgan fingerprint density at radius 3 is 2.45 bits per heavy atom. The van der Waals surface area contributed by atoms with Gasteiger partial charge in [-0.1, -0.05) is 0 Å². The van der Waals surface area contributed by atoms with Gasteiger partial charge in [0.05, 0.1) is 0 Å². The molecule has 0 spiro atoms. The average Bonchev–Trinajstić information content (AvgIpc) is 1.86. The molecule has 4 N–H and O–H groups in total. The van der Waals surface area contributed by atoms with E-state index in [4.69, 9.17) is 10.8 Å². The number of carboxylic acid groups (broad SMARTS) is 1. The van der Waals surface area contributed by atoms with Crippen LogP contribution in [0.2, 0.25) is 0 Å². The van der Waals surface area contributed by atoms with Crippen LogP contribution in [0, 0.1) is 0 Å². The SMILES string of the molecule is CC(=O)NC(CCN)C(=O)O. The first-order valence-electron chi connectivity index (χ1n) is 3.28. The molecule has 0 bridgehead atoms. The maximum absolute atomic E-state index is 10.4. The number of amides is 1. The van der Waals surface area contributed by atoms with E-state index in [0.29, 0.717) is 0 Å². The molecule has 0 radical (unpaired) electrons. The van der Waals surface area contributed by atoms with Crippen molar-refractivity contribution in [2.45, 2.75) is 19.4 Å². The molecular formula is C6H12N2O3. The predicted octanol–water partition coefficient (Wildman–Crippen LogP) is -1.08. The molecule has 0 fully saturated rings. The molecule has 0 aliphatic carbocycles. The van der Waals surface area contributed by atoms with Gasteiger partial charge in [0.2, 0.25) is 5.91 Å². The fourth-order valence-electron chi connectivity index (χ4n) is 0.669. The Balaban J connectivity index is 3.89. The van der Waals surface area contributed by atoms with E-state index in [1.807, 2.05) is 0 Å². The number of nitrogens with one attached hydrogen (secondary N) is 1. The molecule has 1 unspecified atom stereocenters. The average molecular weight is 160 g/mol. The fraction of sp³-hybridized carbons (Fsp3) is 0.667. The van der Waals surface area contributed by atoms with Gasteiger partial charge in [-0.25, -0.2) is 4.79 Å². The molecule has 11 heavy (non-hydrogen) atoms. The molecule has 5 heteroatoms. The van der Waals surface area contributed by atoms with Crippen molar-refractivity contribution in [2.24, 2.45) is 5.73 Å². The normalized spacial score (nSPS) is 12.2. The van der Waals surface area contributed by atoms with Crippen LogP contribution in [-0.2, 0) is 9.59 Å². The zero-order valence-electron chi connectivity index (χ0n) is 6.33. The van der Waals surface area contributed by atoms with Crippen LogP contribution in [0.3, 0.4) is 0 Å². The number of carboxylic acids is 1. The lowest BCUT2D eigenvalue weighted by atomic mass is 10.2. The molecule has 0 saturated heterocycles. The minimum atomic E-state index is -1.05. The van der Waals surface area contributed by atoms with Crippen LogP contribution in [0.25, 0.3) is 0 Å². The number of nitrogens with two attached hydrogens (primary N) is 1. The van der Waals surface area contributed by atoms with E-state index < -0.39 is 12.0 Å². The molecule has 0 aliphatic heterocycles. The van der Waals surface area contributed by atoms with Gasteiger partial charge in [0.25, 0.3) is 0 Å². The first-order valence-corrected chi connectivity index (χ1v) is 3.28. The molecule has 5 nitrogen and oxygen atoms in total. The van der Waals surface area contributed by atoms with Crippen molar-refractivity contribution in [3.63, 3.8) is 0 Å². The van der Waals surface area contributed by atoms with Crippen LogP contribution in [0.15, 0.2) is 0 Å². The molecule has 64 valence electrons. The lowest BCUT2D eigenvalue weighted by Gasteiger charge is -2.10. The van der Waals surface area contributed by atoms with E-state index in [9.17, 15) is 9.59 Å². The van der Waals surface area contributed by atoms with E-state index in [2.05, 4.69) is 5.32 Å². The fourth-order valence-corrected chi connectivity index (χ4v) is 0.669. The first-order chi connectivity index (χ1) is 5.07. The summed E-state index contributed by atoms with van der Waals surface area (Å²) < 4.78 is 0. The minimum absolute atomic E-state index is 0.247. The van der Waals surface area contributed by atoms with Crippen LogP contribution < -0.4 is 11.1 Å². The second-order valence-electron chi connectivity index (χ2n) is 2.17. The molecule has 1 amide bonds. The monoisotopic (exact) mass is 160 g/mol. The van der Waals surface area contributed by atoms with Gasteiger partial charge in [-0.3, -0.25) is 4.79 Å². The molecule has 0 heterocycles. The van der Waals surface area contributed by atoms with Gasteiger partial charge in [-0.15, -0.1) is 0 Å². The zero-order chi connectivity index (χ0) is 8.85. The largest absolute Gasteiger partial charge is 0.480 e. The Labute approximate surface area is 64.6 Å². The molecule has 0 aromatic rings. The predicted molar refractivity (Wildman–Crippen MR) is 38.9 cm³/mol. The van der Waals surface area contributed by atoms with Crippen LogP contribution in [0.5, 0.6) is 0 Å². The third kappa shape index (κ3) is 4.32. The van der Waals surface area contributed by atoms with Crippen molar-refractivity contribution < 1.29 is 14.7 Å². The lowest BCUT2D eigenvalue weighted by Crippen LogP contribution is -2.40. The van der Waals surface area contributed by atoms with Crippen molar-refractivity contribution in [3.05, 3.63) is 0 Å². The summed E-state index contributed by atoms with van der Waals surface area (Å²) >= 11 is 0. The summed E-state index contributed by atoms with van der Waals surface area (Å²) in [7, 11) is 0. The molecule has 0 aromatic heterocycles. The van der Waals surface area contributed by atoms with Crippen LogP contribution in [0.4, 0.5) is 0 Å². The highest BCUT2D eigenvalue weighted by atomic mass is 16.4. The Hall–Kier alpha value is -1.10. The highest BCUT2D eigenvalue weighted by Gasteiger charge is 2.16. The van der Waals surface area contributed by atoms with Gasteiger partial charge < -0.3 is 16.2 Å². The third-order valence-corrected chi connectivity index (χ3v) is 1.13. The van der Waals surface area contributed by atoms with E-state index in [1.165, 1.54) is 6.92 Å². The van der Waals surface area contributed by atoms with E-state index in [0.717, 1.165) is 0 Å². The highest BCUT2D eigenvalue weighted by molar-refractivity contribution is 5.81. The molecule has 0 aromatic carbocycles. The number of carbonyl (C=O) groups is 2. The van der Waals surface area contributed by atoms with Gasteiger partial charge in [0.15, 0.2) is 0 Å². The minimum Gasteiger partial charge on any atom is -0.480 e. The summed E-state index contributed by atoms with van der Waals surface area (Å²) in [5.41, 5.74) is 5.13. The topological polar surface area (TPSA) is 92.4 Å². The van der Waals surface area contributed by atoms with Gasteiger partial charge in [-0.2, -0.15) is 0 Å². The molecule has 0 aliphatic rings. The summed E-state index contributed by atoms with van der Waals surface area (Å²) in [6, 6.07) is -0.850. The van der Waals surface area contributed by atoms with Gasteiger partial charge in [0.1, 0.15) is 6.04 Å². The summed E-state index contributed by atoms with van der Waals surface area (Å²) in [6.45, 7) is 1.52. The lowest BCUT2D eigenvalue weighted by molar-refractivity contribution is -0.141. The van der Waals surface area contributed by atoms with E-state index >= 15 is 0 Å². The number of aliphatic carboxylic acids is 1. The first kappa shape index (κ1) is 9.90. The smallest absolute Gasteiger partial charge is 0.326 e. The molecule has 1 atom stereocenters. The van der Waals surface area contributed by atoms with Crippen LogP contribution in [0.1, 0.15) is 13.3 Å².